The van der Waals surface area contributed by atoms with Crippen LogP contribution in [0.25, 0.3) is 0 Å². The van der Waals surface area contributed by atoms with Crippen molar-refractivity contribution >= 4 is 29.5 Å². The van der Waals surface area contributed by atoms with Crippen LogP contribution in [0.2, 0.25) is 0 Å². The zero-order valence-corrected chi connectivity index (χ0v) is 13.0. The summed E-state index contributed by atoms with van der Waals surface area (Å²) in [6, 6.07) is 0. The Labute approximate surface area is 122 Å². The van der Waals surface area contributed by atoms with Gasteiger partial charge in [-0.3, -0.25) is 0 Å². The van der Waals surface area contributed by atoms with Crippen LogP contribution in [0.3, 0.4) is 0 Å². The topological polar surface area (TPSA) is 46.5 Å². The van der Waals surface area contributed by atoms with E-state index in [1.54, 1.807) is 23.5 Å². The number of thioether (sulfide) groups is 2. The molecule has 0 aromatic rings. The van der Waals surface area contributed by atoms with Crippen LogP contribution in [0, 0.1) is 0 Å². The standard InChI is InChI=1S/C13H21FO3S2/c1-12(2,14)11(16)17-10-5-3-4-6-13(10)18-8-9(7-15)19-13/h9-10,15H,3-8H2,1-2H3. The number of esters is 1. The minimum atomic E-state index is -1.94. The highest BCUT2D eigenvalue weighted by Crippen LogP contribution is 2.56. The molecule has 2 rings (SSSR count). The first-order valence-electron chi connectivity index (χ1n) is 6.70. The van der Waals surface area contributed by atoms with Crippen LogP contribution in [0.4, 0.5) is 4.39 Å². The van der Waals surface area contributed by atoms with Crippen LogP contribution >= 0.6 is 23.5 Å². The fraction of sp³-hybridized carbons (Fsp3) is 0.923. The van der Waals surface area contributed by atoms with Gasteiger partial charge in [-0.05, 0) is 33.1 Å². The number of carbonyl (C=O) groups excluding carboxylic acids is 1. The monoisotopic (exact) mass is 308 g/mol. The molecule has 110 valence electrons. The maximum atomic E-state index is 13.6. The summed E-state index contributed by atoms with van der Waals surface area (Å²) in [5.74, 6) is 0.0984. The number of ether oxygens (including phenoxy) is 1. The first-order chi connectivity index (χ1) is 8.87. The molecule has 1 heterocycles. The molecule has 6 heteroatoms. The highest BCUT2D eigenvalue weighted by atomic mass is 32.2. The minimum Gasteiger partial charge on any atom is -0.458 e. The lowest BCUT2D eigenvalue weighted by molar-refractivity contribution is -0.162. The van der Waals surface area contributed by atoms with E-state index >= 15 is 0 Å². The fourth-order valence-electron chi connectivity index (χ4n) is 2.47. The molecule has 1 saturated carbocycles. The maximum Gasteiger partial charge on any atom is 0.343 e. The van der Waals surface area contributed by atoms with Gasteiger partial charge in [-0.15, -0.1) is 23.5 Å². The third-order valence-corrected chi connectivity index (χ3v) is 7.44. The summed E-state index contributed by atoms with van der Waals surface area (Å²) < 4.78 is 18.9. The van der Waals surface area contributed by atoms with E-state index in [0.717, 1.165) is 31.4 Å². The van der Waals surface area contributed by atoms with Crippen molar-refractivity contribution in [3.8, 4) is 0 Å². The van der Waals surface area contributed by atoms with E-state index in [1.807, 2.05) is 0 Å². The van der Waals surface area contributed by atoms with Crippen molar-refractivity contribution in [2.45, 2.75) is 60.6 Å². The summed E-state index contributed by atoms with van der Waals surface area (Å²) >= 11 is 3.47. The summed E-state index contributed by atoms with van der Waals surface area (Å²) in [5.41, 5.74) is -1.94. The molecular weight excluding hydrogens is 287 g/mol. The molecule has 1 saturated heterocycles. The summed E-state index contributed by atoms with van der Waals surface area (Å²) in [5, 5.41) is 9.47. The van der Waals surface area contributed by atoms with Crippen molar-refractivity contribution in [1.82, 2.24) is 0 Å². The summed E-state index contributed by atoms with van der Waals surface area (Å²) in [6.07, 6.45) is 3.63. The Bertz CT molecular complexity index is 345. The highest BCUT2D eigenvalue weighted by Gasteiger charge is 2.50. The van der Waals surface area contributed by atoms with Crippen LogP contribution in [0.5, 0.6) is 0 Å². The molecule has 0 aromatic carbocycles. The number of hydrogen-bond donors (Lipinski definition) is 1. The van der Waals surface area contributed by atoms with E-state index in [1.165, 1.54) is 13.8 Å². The van der Waals surface area contributed by atoms with Crippen molar-refractivity contribution < 1.29 is 19.0 Å². The number of carbonyl (C=O) groups is 1. The predicted molar refractivity (Wildman–Crippen MR) is 77.2 cm³/mol. The normalized spacial score (nSPS) is 35.6. The largest absolute Gasteiger partial charge is 0.458 e. The first kappa shape index (κ1) is 15.4. The van der Waals surface area contributed by atoms with Crippen molar-refractivity contribution in [2.75, 3.05) is 12.4 Å². The van der Waals surface area contributed by atoms with Gasteiger partial charge in [-0.2, -0.15) is 0 Å². The second-order valence-corrected chi connectivity index (χ2v) is 8.90. The van der Waals surface area contributed by atoms with Gasteiger partial charge in [-0.25, -0.2) is 9.18 Å². The number of rotatable bonds is 3. The molecule has 2 fully saturated rings. The van der Waals surface area contributed by atoms with E-state index in [9.17, 15) is 14.3 Å². The van der Waals surface area contributed by atoms with E-state index < -0.39 is 11.6 Å². The molecule has 3 atom stereocenters. The molecule has 1 aliphatic carbocycles. The Morgan fingerprint density at radius 1 is 1.53 bits per heavy atom. The van der Waals surface area contributed by atoms with Gasteiger partial charge in [0.1, 0.15) is 6.10 Å². The molecule has 1 aliphatic heterocycles. The van der Waals surface area contributed by atoms with E-state index in [-0.39, 0.29) is 22.0 Å². The second kappa shape index (κ2) is 5.82. The highest BCUT2D eigenvalue weighted by molar-refractivity contribution is 8.21. The molecule has 0 bridgehead atoms. The SMILES string of the molecule is CC(C)(F)C(=O)OC1CCCCC12SCC(CO)S2. The molecule has 3 unspecified atom stereocenters. The number of alkyl halides is 1. The average Bonchev–Trinajstić information content (AvgIpc) is 2.75. The van der Waals surface area contributed by atoms with Crippen LogP contribution in [0.15, 0.2) is 0 Å². The second-order valence-electron chi connectivity index (χ2n) is 5.66. The smallest absolute Gasteiger partial charge is 0.343 e. The van der Waals surface area contributed by atoms with Gasteiger partial charge >= 0.3 is 5.97 Å². The molecule has 0 amide bonds. The molecule has 19 heavy (non-hydrogen) atoms. The van der Waals surface area contributed by atoms with Crippen LogP contribution in [0.1, 0.15) is 39.5 Å². The lowest BCUT2D eigenvalue weighted by atomic mass is 9.96. The first-order valence-corrected chi connectivity index (χ1v) is 8.56. The molecule has 0 aromatic heterocycles. The van der Waals surface area contributed by atoms with E-state index in [4.69, 9.17) is 4.74 Å². The van der Waals surface area contributed by atoms with E-state index in [2.05, 4.69) is 0 Å². The number of hydrogen-bond acceptors (Lipinski definition) is 5. The number of halogens is 1. The third kappa shape index (κ3) is 3.39. The lowest BCUT2D eigenvalue weighted by Gasteiger charge is -2.39. The Kier molecular flexibility index (Phi) is 4.73. The van der Waals surface area contributed by atoms with Crippen molar-refractivity contribution in [3.63, 3.8) is 0 Å². The Hall–Kier alpha value is 0.0600. The van der Waals surface area contributed by atoms with Gasteiger partial charge in [0.05, 0.1) is 10.7 Å². The summed E-state index contributed by atoms with van der Waals surface area (Å²) in [4.78, 5) is 11.8. The molecule has 3 nitrogen and oxygen atoms in total. The van der Waals surface area contributed by atoms with Gasteiger partial charge in [0, 0.05) is 11.0 Å². The van der Waals surface area contributed by atoms with Crippen molar-refractivity contribution in [1.29, 1.82) is 0 Å². The van der Waals surface area contributed by atoms with Gasteiger partial charge in [0.15, 0.2) is 0 Å². The minimum absolute atomic E-state index is 0.148. The van der Waals surface area contributed by atoms with Crippen molar-refractivity contribution in [2.24, 2.45) is 0 Å². The Morgan fingerprint density at radius 3 is 2.84 bits per heavy atom. The number of aliphatic hydroxyl groups is 1. The van der Waals surface area contributed by atoms with Gasteiger partial charge < -0.3 is 9.84 Å². The zero-order chi connectivity index (χ0) is 14.1. The van der Waals surface area contributed by atoms with Crippen LogP contribution in [-0.4, -0.2) is 44.5 Å². The summed E-state index contributed by atoms with van der Waals surface area (Å²) in [6.45, 7) is 2.61. The average molecular weight is 308 g/mol. The molecule has 2 aliphatic rings. The third-order valence-electron chi connectivity index (χ3n) is 3.55. The van der Waals surface area contributed by atoms with Gasteiger partial charge in [0.2, 0.25) is 5.67 Å². The van der Waals surface area contributed by atoms with Crippen LogP contribution < -0.4 is 0 Å². The quantitative estimate of drug-likeness (QED) is 0.812. The van der Waals surface area contributed by atoms with Crippen molar-refractivity contribution in [3.05, 3.63) is 0 Å². The summed E-state index contributed by atoms with van der Waals surface area (Å²) in [7, 11) is 0. The molecule has 0 radical (unpaired) electrons. The van der Waals surface area contributed by atoms with E-state index in [0.29, 0.717) is 0 Å². The predicted octanol–water partition coefficient (Wildman–Crippen LogP) is 2.76. The zero-order valence-electron chi connectivity index (χ0n) is 11.4. The Morgan fingerprint density at radius 2 is 2.26 bits per heavy atom. The van der Waals surface area contributed by atoms with Gasteiger partial charge in [-0.1, -0.05) is 6.42 Å². The van der Waals surface area contributed by atoms with Crippen LogP contribution in [-0.2, 0) is 9.53 Å². The Balaban J connectivity index is 2.07. The molecular formula is C13H21FO3S2. The lowest BCUT2D eigenvalue weighted by Crippen LogP contribution is -2.44. The fourth-order valence-corrected chi connectivity index (χ4v) is 6.27. The number of aliphatic hydroxyl groups excluding tert-OH is 1. The molecule has 1 N–H and O–H groups in total. The maximum absolute atomic E-state index is 13.6. The molecule has 1 spiro atoms. The van der Waals surface area contributed by atoms with Gasteiger partial charge in [0.25, 0.3) is 0 Å².